The number of nitro benzene ring substituents is 1. The van der Waals surface area contributed by atoms with Crippen LogP contribution in [-0.2, 0) is 4.79 Å². The fraction of sp³-hybridized carbons (Fsp3) is 0.125. The van der Waals surface area contributed by atoms with Gasteiger partial charge >= 0.3 is 5.69 Å². The van der Waals surface area contributed by atoms with Crippen LogP contribution in [0.25, 0.3) is 5.57 Å². The Morgan fingerprint density at radius 3 is 2.77 bits per heavy atom. The van der Waals surface area contributed by atoms with Crippen LogP contribution in [0.4, 0.5) is 22.7 Å². The number of anilines is 3. The van der Waals surface area contributed by atoms with Gasteiger partial charge in [0.05, 0.1) is 23.4 Å². The summed E-state index contributed by atoms with van der Waals surface area (Å²) in [4.78, 5) is 36.0. The summed E-state index contributed by atoms with van der Waals surface area (Å²) in [5.74, 6) is -0.246. The summed E-state index contributed by atoms with van der Waals surface area (Å²) >= 11 is 0. The van der Waals surface area contributed by atoms with Crippen molar-refractivity contribution in [3.05, 3.63) is 87.4 Å². The molecular weight excluding hydrogens is 452 g/mol. The predicted octanol–water partition coefficient (Wildman–Crippen LogP) is 3.73. The first-order chi connectivity index (χ1) is 16.9. The zero-order chi connectivity index (χ0) is 24.5. The van der Waals surface area contributed by atoms with Gasteiger partial charge in [-0.15, -0.1) is 0 Å². The lowest BCUT2D eigenvalue weighted by Crippen LogP contribution is -2.18. The highest BCUT2D eigenvalue weighted by Gasteiger charge is 2.26. The number of nitrogens with zero attached hydrogens (tertiary/aromatic N) is 2. The first-order valence-corrected chi connectivity index (χ1v) is 10.7. The quantitative estimate of drug-likeness (QED) is 0.324. The number of methoxy groups -OCH3 is 1. The van der Waals surface area contributed by atoms with E-state index in [1.807, 2.05) is 12.1 Å². The summed E-state index contributed by atoms with van der Waals surface area (Å²) in [5.41, 5.74) is 4.88. The number of aromatic nitrogens is 2. The van der Waals surface area contributed by atoms with Gasteiger partial charge in [-0.2, -0.15) is 5.10 Å². The van der Waals surface area contributed by atoms with Gasteiger partial charge in [0, 0.05) is 42.2 Å². The molecule has 0 saturated heterocycles. The van der Waals surface area contributed by atoms with Gasteiger partial charge in [-0.05, 0) is 53.6 Å². The molecule has 2 heterocycles. The summed E-state index contributed by atoms with van der Waals surface area (Å²) in [6.07, 6.45) is 3.53. The van der Waals surface area contributed by atoms with Gasteiger partial charge in [-0.1, -0.05) is 0 Å². The van der Waals surface area contributed by atoms with E-state index < -0.39 is 4.92 Å². The molecule has 2 aliphatic rings. The topological polar surface area (TPSA) is 151 Å². The van der Waals surface area contributed by atoms with Crippen LogP contribution >= 0.6 is 0 Å². The Kier molecular flexibility index (Phi) is 5.49. The molecule has 1 aliphatic carbocycles. The molecule has 3 aromatic rings. The summed E-state index contributed by atoms with van der Waals surface area (Å²) < 4.78 is 5.17. The smallest absolute Gasteiger partial charge is 0.310 e. The number of Topliss-reactive ketones (excluding diaryl/α,β-unsaturated/α-hetero) is 1. The normalized spacial score (nSPS) is 14.5. The third-order valence-electron chi connectivity index (χ3n) is 5.83. The number of ether oxygens (including phenoxy) is 1. The third-order valence-corrected chi connectivity index (χ3v) is 5.83. The summed E-state index contributed by atoms with van der Waals surface area (Å²) in [6.45, 7) is 0.305. The van der Waals surface area contributed by atoms with Crippen molar-refractivity contribution in [1.82, 2.24) is 10.2 Å². The number of aromatic amines is 1. The molecule has 0 radical (unpaired) electrons. The maximum atomic E-state index is 13.0. The Labute approximate surface area is 199 Å². The maximum Gasteiger partial charge on any atom is 0.310 e. The molecule has 11 nitrogen and oxygen atoms in total. The molecule has 2 aromatic carbocycles. The number of allylic oxidation sites excluding steroid dienone is 2. The van der Waals surface area contributed by atoms with E-state index >= 15 is 0 Å². The summed E-state index contributed by atoms with van der Waals surface area (Å²) in [7, 11) is 1.37. The Hall–Kier alpha value is -4.93. The fourth-order valence-corrected chi connectivity index (χ4v) is 4.05. The number of H-pyrrole nitrogens is 1. The predicted molar refractivity (Wildman–Crippen MR) is 129 cm³/mol. The molecule has 4 N–H and O–H groups in total. The van der Waals surface area contributed by atoms with Crippen LogP contribution in [0, 0.1) is 10.1 Å². The maximum absolute atomic E-state index is 13.0. The highest BCUT2D eigenvalue weighted by Crippen LogP contribution is 2.37. The number of carbonyl (C=O) groups excluding carboxylic acids is 2. The van der Waals surface area contributed by atoms with Gasteiger partial charge in [0.1, 0.15) is 5.69 Å². The van der Waals surface area contributed by atoms with Crippen LogP contribution in [0.15, 0.2) is 66.0 Å². The average molecular weight is 472 g/mol. The fourth-order valence-electron chi connectivity index (χ4n) is 4.05. The van der Waals surface area contributed by atoms with Gasteiger partial charge in [-0.25, -0.2) is 0 Å². The Balaban J connectivity index is 1.42. The molecule has 0 fully saturated rings. The van der Waals surface area contributed by atoms with Gasteiger partial charge in [-0.3, -0.25) is 24.8 Å². The highest BCUT2D eigenvalue weighted by atomic mass is 16.6. The monoisotopic (exact) mass is 472 g/mol. The van der Waals surface area contributed by atoms with E-state index in [-0.39, 0.29) is 29.5 Å². The third kappa shape index (κ3) is 4.22. The van der Waals surface area contributed by atoms with E-state index in [4.69, 9.17) is 4.74 Å². The second kappa shape index (κ2) is 8.78. The van der Waals surface area contributed by atoms with E-state index in [9.17, 15) is 19.7 Å². The number of carbonyl (C=O) groups is 2. The molecule has 1 amide bonds. The number of hydrogen-bond donors (Lipinski definition) is 4. The van der Waals surface area contributed by atoms with Gasteiger partial charge in [0.2, 0.25) is 0 Å². The molecule has 176 valence electrons. The van der Waals surface area contributed by atoms with Gasteiger partial charge in [0.25, 0.3) is 5.91 Å². The summed E-state index contributed by atoms with van der Waals surface area (Å²) in [6, 6.07) is 11.5. The van der Waals surface area contributed by atoms with Crippen molar-refractivity contribution in [1.29, 1.82) is 0 Å². The van der Waals surface area contributed by atoms with E-state index in [0.717, 1.165) is 16.9 Å². The van der Waals surface area contributed by atoms with Gasteiger partial charge in [0.15, 0.2) is 11.5 Å². The van der Waals surface area contributed by atoms with Crippen LogP contribution in [0.5, 0.6) is 5.75 Å². The van der Waals surface area contributed by atoms with Crippen LogP contribution in [0.2, 0.25) is 0 Å². The average Bonchev–Trinajstić information content (AvgIpc) is 3.33. The van der Waals surface area contributed by atoms with Crippen molar-refractivity contribution in [2.75, 3.05) is 29.6 Å². The number of hydrogen-bond acceptors (Lipinski definition) is 8. The zero-order valence-electron chi connectivity index (χ0n) is 18.5. The molecule has 5 rings (SSSR count). The molecular formula is C24H20N6O5. The Morgan fingerprint density at radius 2 is 2.03 bits per heavy atom. The SMILES string of the molecule is COc1cc(C2=CC3=C(CNc4cc(NC(=O)c5ccn[nH]5)ccc4N3)C(=O)C2)ccc1[N+](=O)[O-]. The largest absolute Gasteiger partial charge is 0.490 e. The van der Waals surface area contributed by atoms with E-state index in [1.165, 1.54) is 19.4 Å². The van der Waals surface area contributed by atoms with E-state index in [0.29, 0.717) is 34.8 Å². The Morgan fingerprint density at radius 1 is 1.17 bits per heavy atom. The minimum absolute atomic E-state index is 0.0598. The molecule has 0 atom stereocenters. The van der Waals surface area contributed by atoms with Crippen molar-refractivity contribution in [2.45, 2.75) is 6.42 Å². The number of ketones is 1. The van der Waals surface area contributed by atoms with Crippen molar-refractivity contribution in [2.24, 2.45) is 0 Å². The first kappa shape index (κ1) is 21.9. The molecule has 0 unspecified atom stereocenters. The molecule has 1 aliphatic heterocycles. The minimum atomic E-state index is -0.509. The van der Waals surface area contributed by atoms with Crippen LogP contribution < -0.4 is 20.7 Å². The van der Waals surface area contributed by atoms with Crippen LogP contribution in [-0.4, -0.2) is 40.5 Å². The van der Waals surface area contributed by atoms with E-state index in [1.54, 1.807) is 30.3 Å². The molecule has 0 spiro atoms. The molecule has 35 heavy (non-hydrogen) atoms. The van der Waals surface area contributed by atoms with Crippen LogP contribution in [0.1, 0.15) is 22.5 Å². The minimum Gasteiger partial charge on any atom is -0.490 e. The van der Waals surface area contributed by atoms with Crippen molar-refractivity contribution in [3.8, 4) is 5.75 Å². The number of fused-ring (bicyclic) bond motifs is 1. The molecule has 11 heteroatoms. The standard InChI is InChI=1S/C24H20N6O5/c1-35-23-10-13(2-5-21(23)30(33)34)14-8-19-16(22(31)9-14)12-25-20-11-15(3-4-17(20)28-19)27-24(32)18-6-7-26-29-18/h2-8,10-11,25,28H,9,12H2,1H3,(H,26,29)(H,27,32). The molecule has 0 saturated carbocycles. The highest BCUT2D eigenvalue weighted by molar-refractivity contribution is 6.08. The number of nitro groups is 1. The van der Waals surface area contributed by atoms with Crippen molar-refractivity contribution >= 4 is 40.0 Å². The second-order valence-corrected chi connectivity index (χ2v) is 7.97. The van der Waals surface area contributed by atoms with Crippen molar-refractivity contribution in [3.63, 3.8) is 0 Å². The first-order valence-electron chi connectivity index (χ1n) is 10.7. The number of nitrogens with one attached hydrogen (secondary N) is 4. The number of benzene rings is 2. The molecule has 0 bridgehead atoms. The number of rotatable bonds is 5. The van der Waals surface area contributed by atoms with Crippen LogP contribution in [0.3, 0.4) is 0 Å². The second-order valence-electron chi connectivity index (χ2n) is 7.97. The van der Waals surface area contributed by atoms with E-state index in [2.05, 4.69) is 26.1 Å². The Bertz CT molecular complexity index is 1420. The lowest BCUT2D eigenvalue weighted by atomic mass is 9.90. The van der Waals surface area contributed by atoms with Gasteiger partial charge < -0.3 is 20.7 Å². The number of amides is 1. The lowest BCUT2D eigenvalue weighted by Gasteiger charge is -2.19. The summed E-state index contributed by atoms with van der Waals surface area (Å²) in [5, 5.41) is 27.0. The lowest BCUT2D eigenvalue weighted by molar-refractivity contribution is -0.385. The molecule has 1 aromatic heterocycles. The van der Waals surface area contributed by atoms with Crippen molar-refractivity contribution < 1.29 is 19.2 Å². The zero-order valence-corrected chi connectivity index (χ0v) is 18.5.